The zero-order valence-electron chi connectivity index (χ0n) is 11.1. The molecule has 0 bridgehead atoms. The summed E-state index contributed by atoms with van der Waals surface area (Å²) in [5.41, 5.74) is 1.85. The van der Waals surface area contributed by atoms with Crippen LogP contribution in [-0.2, 0) is 0 Å². The fraction of sp³-hybridized carbons (Fsp3) is 0.533. The van der Waals surface area contributed by atoms with Crippen LogP contribution in [0.3, 0.4) is 0 Å². The molecule has 0 aliphatic carbocycles. The number of para-hydroxylation sites is 1. The van der Waals surface area contributed by atoms with E-state index in [4.69, 9.17) is 0 Å². The van der Waals surface area contributed by atoms with Crippen LogP contribution in [0, 0.1) is 0 Å². The normalized spacial score (nSPS) is 10.6. The van der Waals surface area contributed by atoms with Gasteiger partial charge >= 0.3 is 0 Å². The highest BCUT2D eigenvalue weighted by atomic mass is 16.1. The molecular formula is C15H23NO. The maximum Gasteiger partial charge on any atom is 0.152 e. The van der Waals surface area contributed by atoms with Crippen LogP contribution < -0.4 is 4.90 Å². The number of carbonyl (C=O) groups is 1. The third-order valence-electron chi connectivity index (χ3n) is 3.00. The van der Waals surface area contributed by atoms with Gasteiger partial charge in [-0.25, -0.2) is 0 Å². The van der Waals surface area contributed by atoms with E-state index in [0.29, 0.717) is 6.04 Å². The van der Waals surface area contributed by atoms with Crippen molar-refractivity contribution in [3.63, 3.8) is 0 Å². The molecule has 0 fully saturated rings. The van der Waals surface area contributed by atoms with Crippen LogP contribution in [0.2, 0.25) is 0 Å². The van der Waals surface area contributed by atoms with Gasteiger partial charge in [0.25, 0.3) is 0 Å². The fourth-order valence-corrected chi connectivity index (χ4v) is 2.04. The Morgan fingerprint density at radius 3 is 2.53 bits per heavy atom. The standard InChI is InChI=1S/C15H23NO/c1-4-5-8-11-16(13(2)3)15-10-7-6-9-14(15)12-17/h6-7,9-10,12-13H,4-5,8,11H2,1-3H3. The molecule has 1 rings (SSSR count). The van der Waals surface area contributed by atoms with Crippen LogP contribution in [0.5, 0.6) is 0 Å². The average Bonchev–Trinajstić information content (AvgIpc) is 2.34. The summed E-state index contributed by atoms with van der Waals surface area (Å²) in [7, 11) is 0. The molecule has 0 aromatic heterocycles. The largest absolute Gasteiger partial charge is 0.369 e. The van der Waals surface area contributed by atoms with Gasteiger partial charge in [0.1, 0.15) is 0 Å². The smallest absolute Gasteiger partial charge is 0.152 e. The number of anilines is 1. The summed E-state index contributed by atoms with van der Waals surface area (Å²) in [5.74, 6) is 0. The maximum absolute atomic E-state index is 11.1. The van der Waals surface area contributed by atoms with E-state index in [9.17, 15) is 4.79 Å². The van der Waals surface area contributed by atoms with Crippen molar-refractivity contribution in [3.05, 3.63) is 29.8 Å². The van der Waals surface area contributed by atoms with Gasteiger partial charge in [0, 0.05) is 23.8 Å². The topological polar surface area (TPSA) is 20.3 Å². The van der Waals surface area contributed by atoms with E-state index < -0.39 is 0 Å². The number of aldehydes is 1. The van der Waals surface area contributed by atoms with Gasteiger partial charge in [-0.05, 0) is 32.4 Å². The molecule has 0 saturated carbocycles. The summed E-state index contributed by atoms with van der Waals surface area (Å²) in [4.78, 5) is 13.4. The number of benzene rings is 1. The summed E-state index contributed by atoms with van der Waals surface area (Å²) in [6.45, 7) is 7.58. The molecule has 0 saturated heterocycles. The first kappa shape index (κ1) is 13.8. The lowest BCUT2D eigenvalue weighted by atomic mass is 10.1. The molecule has 2 heteroatoms. The van der Waals surface area contributed by atoms with Crippen molar-refractivity contribution < 1.29 is 4.79 Å². The van der Waals surface area contributed by atoms with E-state index in [1.165, 1.54) is 19.3 Å². The molecule has 0 aliphatic heterocycles. The Morgan fingerprint density at radius 2 is 1.94 bits per heavy atom. The highest BCUT2D eigenvalue weighted by molar-refractivity contribution is 5.84. The zero-order valence-corrected chi connectivity index (χ0v) is 11.1. The average molecular weight is 233 g/mol. The predicted molar refractivity (Wildman–Crippen MR) is 73.8 cm³/mol. The lowest BCUT2D eigenvalue weighted by Crippen LogP contribution is -2.32. The van der Waals surface area contributed by atoms with E-state index in [2.05, 4.69) is 25.7 Å². The highest BCUT2D eigenvalue weighted by Gasteiger charge is 2.13. The SMILES string of the molecule is CCCCCN(c1ccccc1C=O)C(C)C. The number of rotatable bonds is 7. The first-order chi connectivity index (χ1) is 8.20. The summed E-state index contributed by atoms with van der Waals surface area (Å²) >= 11 is 0. The summed E-state index contributed by atoms with van der Waals surface area (Å²) in [6.07, 6.45) is 4.60. The van der Waals surface area contributed by atoms with Crippen LogP contribution in [0.25, 0.3) is 0 Å². The van der Waals surface area contributed by atoms with Crippen molar-refractivity contribution >= 4 is 12.0 Å². The molecule has 0 heterocycles. The monoisotopic (exact) mass is 233 g/mol. The van der Waals surface area contributed by atoms with Gasteiger partial charge in [0.15, 0.2) is 6.29 Å². The summed E-state index contributed by atoms with van der Waals surface area (Å²) in [5, 5.41) is 0. The van der Waals surface area contributed by atoms with Crippen molar-refractivity contribution in [2.45, 2.75) is 46.1 Å². The van der Waals surface area contributed by atoms with E-state index in [0.717, 1.165) is 24.1 Å². The number of carbonyl (C=O) groups excluding carboxylic acids is 1. The molecule has 94 valence electrons. The molecule has 0 spiro atoms. The summed E-state index contributed by atoms with van der Waals surface area (Å²) < 4.78 is 0. The van der Waals surface area contributed by atoms with Crippen molar-refractivity contribution in [2.75, 3.05) is 11.4 Å². The molecule has 0 radical (unpaired) electrons. The minimum Gasteiger partial charge on any atom is -0.369 e. The Morgan fingerprint density at radius 1 is 1.24 bits per heavy atom. The third-order valence-corrected chi connectivity index (χ3v) is 3.00. The molecule has 1 aromatic carbocycles. The fourth-order valence-electron chi connectivity index (χ4n) is 2.04. The molecule has 17 heavy (non-hydrogen) atoms. The lowest BCUT2D eigenvalue weighted by molar-refractivity contribution is 0.112. The molecule has 0 unspecified atom stereocenters. The zero-order chi connectivity index (χ0) is 12.7. The van der Waals surface area contributed by atoms with E-state index in [1.807, 2.05) is 24.3 Å². The van der Waals surface area contributed by atoms with Crippen molar-refractivity contribution in [1.29, 1.82) is 0 Å². The quantitative estimate of drug-likeness (QED) is 0.526. The maximum atomic E-state index is 11.1. The first-order valence-electron chi connectivity index (χ1n) is 6.51. The highest BCUT2D eigenvalue weighted by Crippen LogP contribution is 2.21. The number of hydrogen-bond acceptors (Lipinski definition) is 2. The second-order valence-corrected chi connectivity index (χ2v) is 4.67. The van der Waals surface area contributed by atoms with Gasteiger partial charge in [-0.1, -0.05) is 31.9 Å². The number of nitrogens with zero attached hydrogens (tertiary/aromatic N) is 1. The molecule has 0 aliphatic rings. The molecule has 1 aromatic rings. The molecular weight excluding hydrogens is 210 g/mol. The van der Waals surface area contributed by atoms with E-state index in [1.54, 1.807) is 0 Å². The van der Waals surface area contributed by atoms with Crippen LogP contribution in [0.15, 0.2) is 24.3 Å². The van der Waals surface area contributed by atoms with Crippen molar-refractivity contribution in [2.24, 2.45) is 0 Å². The molecule has 0 atom stereocenters. The van der Waals surface area contributed by atoms with Gasteiger partial charge in [-0.3, -0.25) is 4.79 Å². The van der Waals surface area contributed by atoms with E-state index >= 15 is 0 Å². The Labute approximate surface area is 105 Å². The van der Waals surface area contributed by atoms with Gasteiger partial charge in [0.05, 0.1) is 0 Å². The Bertz CT molecular complexity index is 347. The third kappa shape index (κ3) is 3.88. The van der Waals surface area contributed by atoms with Crippen LogP contribution >= 0.6 is 0 Å². The Hall–Kier alpha value is -1.31. The predicted octanol–water partition coefficient (Wildman–Crippen LogP) is 3.90. The van der Waals surface area contributed by atoms with Crippen molar-refractivity contribution in [1.82, 2.24) is 0 Å². The van der Waals surface area contributed by atoms with Crippen LogP contribution in [0.1, 0.15) is 50.4 Å². The van der Waals surface area contributed by atoms with E-state index in [-0.39, 0.29) is 0 Å². The first-order valence-corrected chi connectivity index (χ1v) is 6.51. The van der Waals surface area contributed by atoms with Crippen LogP contribution in [-0.4, -0.2) is 18.9 Å². The van der Waals surface area contributed by atoms with Gasteiger partial charge < -0.3 is 4.90 Å². The minimum atomic E-state index is 0.424. The number of hydrogen-bond donors (Lipinski definition) is 0. The van der Waals surface area contributed by atoms with Crippen molar-refractivity contribution in [3.8, 4) is 0 Å². The van der Waals surface area contributed by atoms with Gasteiger partial charge in [0.2, 0.25) is 0 Å². The van der Waals surface area contributed by atoms with Crippen LogP contribution in [0.4, 0.5) is 5.69 Å². The lowest BCUT2D eigenvalue weighted by Gasteiger charge is -2.30. The summed E-state index contributed by atoms with van der Waals surface area (Å²) in [6, 6.07) is 8.26. The second kappa shape index (κ2) is 7.10. The van der Waals surface area contributed by atoms with Gasteiger partial charge in [-0.15, -0.1) is 0 Å². The molecule has 2 nitrogen and oxygen atoms in total. The Balaban J connectivity index is 2.85. The minimum absolute atomic E-state index is 0.424. The molecule has 0 N–H and O–H groups in total. The number of unbranched alkanes of at least 4 members (excludes halogenated alkanes) is 2. The second-order valence-electron chi connectivity index (χ2n) is 4.67. The van der Waals surface area contributed by atoms with Gasteiger partial charge in [-0.2, -0.15) is 0 Å². The molecule has 0 amide bonds. The Kier molecular flexibility index (Phi) is 5.75.